The molecule has 1 unspecified atom stereocenters. The highest BCUT2D eigenvalue weighted by molar-refractivity contribution is 8.93. The lowest BCUT2D eigenvalue weighted by Crippen LogP contribution is -2.41. The average Bonchev–Trinajstić information content (AvgIpc) is 2.79. The standard InChI is InChI=1S/C15H23N3.BrH/c1-3-5-11-17-12-13-18(15(17)4-2)16-14-9-7-6-8-10-14;/h6-10,12-13,15-16H,3-5,11H2,1-2H3;1H. The van der Waals surface area contributed by atoms with E-state index in [1.165, 1.54) is 12.8 Å². The van der Waals surface area contributed by atoms with E-state index in [-0.39, 0.29) is 17.0 Å². The Morgan fingerprint density at radius 1 is 1.11 bits per heavy atom. The SMILES string of the molecule is Br.CCCCN1C=CN(Nc2ccccc2)C1CC. The molecule has 0 amide bonds. The van der Waals surface area contributed by atoms with Crippen LogP contribution >= 0.6 is 17.0 Å². The van der Waals surface area contributed by atoms with Gasteiger partial charge in [-0.05, 0) is 25.0 Å². The van der Waals surface area contributed by atoms with Gasteiger partial charge in [-0.1, -0.05) is 38.5 Å². The molecule has 1 N–H and O–H groups in total. The Morgan fingerprint density at radius 3 is 2.47 bits per heavy atom. The van der Waals surface area contributed by atoms with Crippen LogP contribution in [0, 0.1) is 0 Å². The van der Waals surface area contributed by atoms with E-state index >= 15 is 0 Å². The molecule has 19 heavy (non-hydrogen) atoms. The van der Waals surface area contributed by atoms with Crippen molar-refractivity contribution in [1.82, 2.24) is 9.91 Å². The Bertz CT molecular complexity index is 380. The Morgan fingerprint density at radius 2 is 1.84 bits per heavy atom. The third-order valence-electron chi connectivity index (χ3n) is 3.29. The second kappa shape index (κ2) is 8.10. The van der Waals surface area contributed by atoms with Gasteiger partial charge in [0.1, 0.15) is 6.17 Å². The van der Waals surface area contributed by atoms with Gasteiger partial charge in [-0.25, -0.2) is 0 Å². The lowest BCUT2D eigenvalue weighted by molar-refractivity contribution is 0.168. The van der Waals surface area contributed by atoms with Crippen LogP contribution in [0.1, 0.15) is 33.1 Å². The molecular formula is C15H24BrN3. The van der Waals surface area contributed by atoms with Crippen LogP contribution in [0.3, 0.4) is 0 Å². The number of benzene rings is 1. The topological polar surface area (TPSA) is 18.5 Å². The highest BCUT2D eigenvalue weighted by Crippen LogP contribution is 2.20. The molecule has 1 aromatic rings. The molecule has 3 nitrogen and oxygen atoms in total. The first-order chi connectivity index (χ1) is 8.85. The van der Waals surface area contributed by atoms with Crippen molar-refractivity contribution in [3.8, 4) is 0 Å². The quantitative estimate of drug-likeness (QED) is 0.844. The maximum absolute atomic E-state index is 3.45. The van der Waals surface area contributed by atoms with Crippen LogP contribution < -0.4 is 5.43 Å². The second-order valence-electron chi connectivity index (χ2n) is 4.66. The summed E-state index contributed by atoms with van der Waals surface area (Å²) in [6, 6.07) is 10.3. The van der Waals surface area contributed by atoms with Gasteiger partial charge in [0.2, 0.25) is 0 Å². The number of nitrogens with one attached hydrogen (secondary N) is 1. The van der Waals surface area contributed by atoms with Gasteiger partial charge in [0, 0.05) is 18.9 Å². The summed E-state index contributed by atoms with van der Waals surface area (Å²) in [5.74, 6) is 0. The number of hydrazine groups is 1. The normalized spacial score (nSPS) is 17.5. The van der Waals surface area contributed by atoms with Gasteiger partial charge in [0.15, 0.2) is 0 Å². The smallest absolute Gasteiger partial charge is 0.120 e. The molecule has 2 rings (SSSR count). The van der Waals surface area contributed by atoms with Gasteiger partial charge in [-0.2, -0.15) is 0 Å². The van der Waals surface area contributed by atoms with Gasteiger partial charge in [0.25, 0.3) is 0 Å². The fraction of sp³-hybridized carbons (Fsp3) is 0.467. The summed E-state index contributed by atoms with van der Waals surface area (Å²) in [5.41, 5.74) is 4.59. The lowest BCUT2D eigenvalue weighted by Gasteiger charge is -2.32. The molecule has 0 saturated heterocycles. The number of para-hydroxylation sites is 1. The summed E-state index contributed by atoms with van der Waals surface area (Å²) in [5, 5.41) is 2.20. The van der Waals surface area contributed by atoms with Crippen molar-refractivity contribution in [2.75, 3.05) is 12.0 Å². The molecule has 4 heteroatoms. The first-order valence-corrected chi connectivity index (χ1v) is 6.89. The summed E-state index contributed by atoms with van der Waals surface area (Å²) in [6.45, 7) is 5.61. The number of rotatable bonds is 6. The molecule has 106 valence electrons. The molecule has 0 aromatic heterocycles. The molecule has 0 saturated carbocycles. The van der Waals surface area contributed by atoms with E-state index in [0.29, 0.717) is 6.17 Å². The van der Waals surface area contributed by atoms with E-state index in [9.17, 15) is 0 Å². The fourth-order valence-corrected chi connectivity index (χ4v) is 2.28. The first-order valence-electron chi connectivity index (χ1n) is 6.89. The summed E-state index contributed by atoms with van der Waals surface area (Å²) in [6.07, 6.45) is 8.36. The molecule has 0 radical (unpaired) electrons. The van der Waals surface area contributed by atoms with Crippen molar-refractivity contribution in [2.24, 2.45) is 0 Å². The van der Waals surface area contributed by atoms with Crippen LogP contribution in [0.5, 0.6) is 0 Å². The first kappa shape index (κ1) is 15.9. The number of hydrogen-bond acceptors (Lipinski definition) is 3. The van der Waals surface area contributed by atoms with Gasteiger partial charge in [0.05, 0.1) is 5.69 Å². The van der Waals surface area contributed by atoms with Gasteiger partial charge >= 0.3 is 0 Å². The molecule has 1 heterocycles. The lowest BCUT2D eigenvalue weighted by atomic mass is 10.3. The third kappa shape index (κ3) is 4.16. The second-order valence-corrected chi connectivity index (χ2v) is 4.66. The van der Waals surface area contributed by atoms with E-state index in [2.05, 4.69) is 65.8 Å². The third-order valence-corrected chi connectivity index (χ3v) is 3.29. The number of hydrogen-bond donors (Lipinski definition) is 1. The molecule has 0 fully saturated rings. The number of anilines is 1. The maximum atomic E-state index is 3.45. The minimum Gasteiger partial charge on any atom is -0.354 e. The molecule has 1 aliphatic rings. The molecule has 0 aliphatic carbocycles. The van der Waals surface area contributed by atoms with Crippen molar-refractivity contribution in [3.05, 3.63) is 42.7 Å². The van der Waals surface area contributed by atoms with E-state index in [1.807, 2.05) is 6.07 Å². The number of unbranched alkanes of at least 4 members (excludes halogenated alkanes) is 1. The van der Waals surface area contributed by atoms with Crippen LogP contribution in [0.15, 0.2) is 42.7 Å². The molecule has 0 spiro atoms. The zero-order valence-corrected chi connectivity index (χ0v) is 13.5. The highest BCUT2D eigenvalue weighted by Gasteiger charge is 2.23. The van der Waals surface area contributed by atoms with Crippen molar-refractivity contribution in [2.45, 2.75) is 39.3 Å². The minimum absolute atomic E-state index is 0. The zero-order valence-electron chi connectivity index (χ0n) is 11.7. The molecule has 0 bridgehead atoms. The predicted octanol–water partition coefficient (Wildman–Crippen LogP) is 4.22. The molecule has 1 aliphatic heterocycles. The molecular weight excluding hydrogens is 302 g/mol. The van der Waals surface area contributed by atoms with Crippen molar-refractivity contribution in [1.29, 1.82) is 0 Å². The fourth-order valence-electron chi connectivity index (χ4n) is 2.28. The van der Waals surface area contributed by atoms with Crippen LogP contribution in [0.2, 0.25) is 0 Å². The summed E-state index contributed by atoms with van der Waals surface area (Å²) in [7, 11) is 0. The average molecular weight is 326 g/mol. The monoisotopic (exact) mass is 325 g/mol. The van der Waals surface area contributed by atoms with E-state index in [1.54, 1.807) is 0 Å². The van der Waals surface area contributed by atoms with Crippen molar-refractivity contribution < 1.29 is 0 Å². The van der Waals surface area contributed by atoms with Crippen molar-refractivity contribution >= 4 is 22.7 Å². The van der Waals surface area contributed by atoms with Crippen LogP contribution in [-0.4, -0.2) is 22.6 Å². The Labute approximate surface area is 127 Å². The number of halogens is 1. The summed E-state index contributed by atoms with van der Waals surface area (Å²) < 4.78 is 0. The van der Waals surface area contributed by atoms with Crippen molar-refractivity contribution in [3.63, 3.8) is 0 Å². The van der Waals surface area contributed by atoms with Crippen LogP contribution in [0.4, 0.5) is 5.69 Å². The predicted molar refractivity (Wildman–Crippen MR) is 87.1 cm³/mol. The Balaban J connectivity index is 0.00000180. The Hall–Kier alpha value is -1.16. The maximum Gasteiger partial charge on any atom is 0.120 e. The molecule has 1 atom stereocenters. The van der Waals surface area contributed by atoms with E-state index in [4.69, 9.17) is 0 Å². The number of nitrogens with zero attached hydrogens (tertiary/aromatic N) is 2. The van der Waals surface area contributed by atoms with Gasteiger partial charge in [-0.3, -0.25) is 10.4 Å². The highest BCUT2D eigenvalue weighted by atomic mass is 79.9. The van der Waals surface area contributed by atoms with Crippen LogP contribution in [-0.2, 0) is 0 Å². The van der Waals surface area contributed by atoms with Gasteiger partial charge < -0.3 is 4.90 Å². The summed E-state index contributed by atoms with van der Waals surface area (Å²) >= 11 is 0. The van der Waals surface area contributed by atoms with E-state index < -0.39 is 0 Å². The zero-order chi connectivity index (χ0) is 12.8. The molecule has 1 aromatic carbocycles. The van der Waals surface area contributed by atoms with Crippen LogP contribution in [0.25, 0.3) is 0 Å². The summed E-state index contributed by atoms with van der Waals surface area (Å²) in [4.78, 5) is 2.42. The largest absolute Gasteiger partial charge is 0.354 e. The van der Waals surface area contributed by atoms with E-state index in [0.717, 1.165) is 18.7 Å². The van der Waals surface area contributed by atoms with Gasteiger partial charge in [-0.15, -0.1) is 17.0 Å². The minimum atomic E-state index is 0. The Kier molecular flexibility index (Phi) is 6.78.